The highest BCUT2D eigenvalue weighted by atomic mass is 19.4. The van der Waals surface area contributed by atoms with Gasteiger partial charge in [0.05, 0.1) is 11.3 Å². The first-order valence-corrected chi connectivity index (χ1v) is 10.8. The predicted octanol–water partition coefficient (Wildman–Crippen LogP) is 5.98. The van der Waals surface area contributed by atoms with Crippen molar-refractivity contribution >= 4 is 5.69 Å². The van der Waals surface area contributed by atoms with Crippen molar-refractivity contribution in [3.63, 3.8) is 0 Å². The van der Waals surface area contributed by atoms with Crippen molar-refractivity contribution in [2.45, 2.75) is 25.3 Å². The number of rotatable bonds is 6. The second-order valence-electron chi connectivity index (χ2n) is 8.76. The number of nitrogens with zero attached hydrogens (tertiary/aromatic N) is 2. The lowest BCUT2D eigenvalue weighted by Crippen LogP contribution is -2.34. The van der Waals surface area contributed by atoms with E-state index in [0.29, 0.717) is 31.0 Å². The van der Waals surface area contributed by atoms with E-state index in [1.165, 1.54) is 11.1 Å². The van der Waals surface area contributed by atoms with E-state index >= 15 is 0 Å². The number of piperidine rings is 1. The molecule has 0 N–H and O–H groups in total. The first-order valence-electron chi connectivity index (χ1n) is 10.8. The monoisotopic (exact) mass is 440 g/mol. The number of benzene rings is 3. The number of fused-ring (bicyclic) bond motifs is 1. The normalized spacial score (nSPS) is 22.3. The van der Waals surface area contributed by atoms with Crippen molar-refractivity contribution in [2.24, 2.45) is 11.8 Å². The Morgan fingerprint density at radius 1 is 0.781 bits per heavy atom. The third kappa shape index (κ3) is 4.24. The van der Waals surface area contributed by atoms with Crippen LogP contribution in [0.25, 0.3) is 0 Å². The fourth-order valence-electron chi connectivity index (χ4n) is 5.07. The molecule has 2 unspecified atom stereocenters. The molecule has 0 radical (unpaired) electrons. The summed E-state index contributed by atoms with van der Waals surface area (Å²) in [5, 5.41) is 0. The molecule has 0 bridgehead atoms. The minimum Gasteiger partial charge on any atom is -0.368 e. The molecule has 1 aliphatic heterocycles. The molecule has 0 spiro atoms. The van der Waals surface area contributed by atoms with E-state index in [9.17, 15) is 17.6 Å². The van der Waals surface area contributed by atoms with E-state index in [1.54, 1.807) is 4.90 Å². The number of alkyl halides is 3. The molecular weight excluding hydrogens is 416 g/mol. The van der Waals surface area contributed by atoms with Gasteiger partial charge in [-0.25, -0.2) is 4.39 Å². The minimum absolute atomic E-state index is 0.0587. The highest BCUT2D eigenvalue weighted by molar-refractivity contribution is 5.53. The first kappa shape index (κ1) is 21.0. The van der Waals surface area contributed by atoms with Crippen LogP contribution >= 0.6 is 0 Å². The van der Waals surface area contributed by atoms with Gasteiger partial charge in [-0.3, -0.25) is 4.90 Å². The highest BCUT2D eigenvalue weighted by Gasteiger charge is 2.58. The molecular formula is C26H24F4N2. The van der Waals surface area contributed by atoms with Crippen LogP contribution in [0.2, 0.25) is 0 Å². The molecule has 0 amide bonds. The summed E-state index contributed by atoms with van der Waals surface area (Å²) in [6.07, 6.45) is -4.48. The van der Waals surface area contributed by atoms with Crippen molar-refractivity contribution in [3.05, 3.63) is 101 Å². The van der Waals surface area contributed by atoms with Crippen LogP contribution in [0.1, 0.15) is 16.7 Å². The van der Waals surface area contributed by atoms with Gasteiger partial charge in [0, 0.05) is 32.2 Å². The fraction of sp³-hybridized carbons (Fsp3) is 0.308. The summed E-state index contributed by atoms with van der Waals surface area (Å²) in [4.78, 5) is 4.24. The average Bonchev–Trinajstić information content (AvgIpc) is 3.27. The number of anilines is 1. The van der Waals surface area contributed by atoms with Crippen LogP contribution in [-0.2, 0) is 19.3 Å². The second-order valence-corrected chi connectivity index (χ2v) is 8.76. The Kier molecular flexibility index (Phi) is 5.41. The molecule has 1 saturated heterocycles. The molecule has 1 aliphatic carbocycles. The lowest BCUT2D eigenvalue weighted by Gasteiger charge is -2.29. The Balaban J connectivity index is 1.32. The van der Waals surface area contributed by atoms with Crippen molar-refractivity contribution in [1.82, 2.24) is 4.90 Å². The fourth-order valence-corrected chi connectivity index (χ4v) is 5.07. The van der Waals surface area contributed by atoms with Crippen molar-refractivity contribution in [2.75, 3.05) is 18.0 Å². The maximum atomic E-state index is 14.4. The van der Waals surface area contributed by atoms with E-state index in [0.717, 1.165) is 31.3 Å². The van der Waals surface area contributed by atoms with Gasteiger partial charge in [0.25, 0.3) is 0 Å². The van der Waals surface area contributed by atoms with Crippen molar-refractivity contribution in [1.29, 1.82) is 0 Å². The zero-order chi connectivity index (χ0) is 22.3. The first-order chi connectivity index (χ1) is 15.4. The maximum absolute atomic E-state index is 14.4. The van der Waals surface area contributed by atoms with Gasteiger partial charge in [-0.1, -0.05) is 60.7 Å². The van der Waals surface area contributed by atoms with Crippen molar-refractivity contribution < 1.29 is 17.6 Å². The summed E-state index contributed by atoms with van der Waals surface area (Å²) < 4.78 is 53.7. The summed E-state index contributed by atoms with van der Waals surface area (Å²) in [5.41, 5.74) is 1.72. The molecule has 32 heavy (non-hydrogen) atoms. The lowest BCUT2D eigenvalue weighted by molar-refractivity contribution is -0.137. The van der Waals surface area contributed by atoms with Gasteiger partial charge in [0.2, 0.25) is 0 Å². The molecule has 5 rings (SSSR count). The molecule has 2 aliphatic rings. The van der Waals surface area contributed by atoms with Crippen molar-refractivity contribution in [3.8, 4) is 0 Å². The van der Waals surface area contributed by atoms with Crippen LogP contribution in [0.15, 0.2) is 78.9 Å². The highest BCUT2D eigenvalue weighted by Crippen LogP contribution is 2.51. The van der Waals surface area contributed by atoms with Crippen LogP contribution in [0.4, 0.5) is 23.2 Å². The smallest absolute Gasteiger partial charge is 0.368 e. The Hall–Kier alpha value is -2.86. The zero-order valence-electron chi connectivity index (χ0n) is 17.5. The Morgan fingerprint density at radius 3 is 1.81 bits per heavy atom. The minimum atomic E-state index is -4.48. The molecule has 2 fully saturated rings. The second kappa shape index (κ2) is 8.24. The summed E-state index contributed by atoms with van der Waals surface area (Å²) in [6, 6.07) is 23.6. The molecule has 3 aromatic carbocycles. The molecule has 0 aromatic heterocycles. The summed E-state index contributed by atoms with van der Waals surface area (Å²) in [6.45, 7) is 2.78. The van der Waals surface area contributed by atoms with Gasteiger partial charge in [0.15, 0.2) is 0 Å². The maximum Gasteiger partial charge on any atom is 0.416 e. The molecule has 1 heterocycles. The molecule has 6 heteroatoms. The Labute approximate surface area is 185 Å². The van der Waals surface area contributed by atoms with E-state index in [4.69, 9.17) is 0 Å². The number of hydrogen-bond acceptors (Lipinski definition) is 2. The molecule has 166 valence electrons. The van der Waals surface area contributed by atoms with Crippen LogP contribution in [0.5, 0.6) is 0 Å². The zero-order valence-corrected chi connectivity index (χ0v) is 17.5. The lowest BCUT2D eigenvalue weighted by atomic mass is 10.1. The van der Waals surface area contributed by atoms with Crippen LogP contribution in [0, 0.1) is 17.7 Å². The van der Waals surface area contributed by atoms with E-state index in [2.05, 4.69) is 29.2 Å². The van der Waals surface area contributed by atoms with E-state index in [-0.39, 0.29) is 5.69 Å². The standard InChI is InChI=1S/C26H24F4N2/c27-23-12-11-20(26(28,29)30)13-24(23)31-16-21-22(17-31)25(21)32(14-18-7-3-1-4-8-18)15-19-9-5-2-6-10-19/h1-13,21-22,25H,14-17H2/t21-,22?,25?/m0/s1. The third-order valence-electron chi connectivity index (χ3n) is 6.64. The topological polar surface area (TPSA) is 6.48 Å². The molecule has 3 atom stereocenters. The quantitative estimate of drug-likeness (QED) is 0.435. The SMILES string of the molecule is Fc1ccc(C(F)(F)F)cc1N1CC2C(N(Cc3ccccc3)Cc3ccccc3)[C@H]2C1. The Morgan fingerprint density at radius 2 is 1.31 bits per heavy atom. The Bertz CT molecular complexity index is 1010. The summed E-state index contributed by atoms with van der Waals surface area (Å²) >= 11 is 0. The third-order valence-corrected chi connectivity index (χ3v) is 6.64. The van der Waals surface area contributed by atoms with Gasteiger partial charge < -0.3 is 4.90 Å². The molecule has 2 nitrogen and oxygen atoms in total. The van der Waals surface area contributed by atoms with Gasteiger partial charge in [0.1, 0.15) is 5.82 Å². The number of hydrogen-bond donors (Lipinski definition) is 0. The van der Waals surface area contributed by atoms with E-state index in [1.807, 2.05) is 36.4 Å². The summed E-state index contributed by atoms with van der Waals surface area (Å²) in [5.74, 6) is 0.0639. The van der Waals surface area contributed by atoms with Crippen LogP contribution in [-0.4, -0.2) is 24.0 Å². The van der Waals surface area contributed by atoms with E-state index < -0.39 is 17.6 Å². The molecule has 1 saturated carbocycles. The number of halogens is 4. The predicted molar refractivity (Wildman–Crippen MR) is 117 cm³/mol. The van der Waals surface area contributed by atoms with Gasteiger partial charge >= 0.3 is 6.18 Å². The summed E-state index contributed by atoms with van der Waals surface area (Å²) in [7, 11) is 0. The van der Waals surface area contributed by atoms with Gasteiger partial charge in [-0.15, -0.1) is 0 Å². The van der Waals surface area contributed by atoms with Crippen LogP contribution < -0.4 is 4.90 Å². The van der Waals surface area contributed by atoms with Gasteiger partial charge in [-0.2, -0.15) is 13.2 Å². The largest absolute Gasteiger partial charge is 0.416 e. The average molecular weight is 440 g/mol. The molecule has 3 aromatic rings. The van der Waals surface area contributed by atoms with Crippen LogP contribution in [0.3, 0.4) is 0 Å². The van der Waals surface area contributed by atoms with Gasteiger partial charge in [-0.05, 0) is 41.2 Å².